The number of amides is 2. The summed E-state index contributed by atoms with van der Waals surface area (Å²) < 4.78 is 0. The van der Waals surface area contributed by atoms with Crippen molar-refractivity contribution in [3.8, 4) is 0 Å². The van der Waals surface area contributed by atoms with Crippen LogP contribution in [-0.2, 0) is 9.59 Å². The Kier molecular flexibility index (Phi) is 3.47. The third-order valence-corrected chi connectivity index (χ3v) is 3.63. The fourth-order valence-corrected chi connectivity index (χ4v) is 2.48. The van der Waals surface area contributed by atoms with Crippen LogP contribution < -0.4 is 10.2 Å². The van der Waals surface area contributed by atoms with E-state index in [9.17, 15) is 14.4 Å². The fourth-order valence-electron chi connectivity index (χ4n) is 2.48. The average Bonchev–Trinajstić information content (AvgIpc) is 2.79. The van der Waals surface area contributed by atoms with E-state index in [2.05, 4.69) is 5.32 Å². The molecule has 0 unspecified atom stereocenters. The second kappa shape index (κ2) is 5.44. The molecule has 0 saturated carbocycles. The van der Waals surface area contributed by atoms with E-state index in [1.54, 1.807) is 55.5 Å². The normalized spacial score (nSPS) is 14.7. The van der Waals surface area contributed by atoms with Crippen molar-refractivity contribution in [1.29, 1.82) is 0 Å². The van der Waals surface area contributed by atoms with Crippen LogP contribution in [0, 0.1) is 0 Å². The molecule has 110 valence electrons. The van der Waals surface area contributed by atoms with E-state index in [4.69, 9.17) is 0 Å². The van der Waals surface area contributed by atoms with Crippen molar-refractivity contribution in [2.24, 2.45) is 0 Å². The van der Waals surface area contributed by atoms with Gasteiger partial charge in [-0.25, -0.2) is 0 Å². The molecule has 0 radical (unpaired) electrons. The Morgan fingerprint density at radius 1 is 1.00 bits per heavy atom. The first kappa shape index (κ1) is 14.0. The van der Waals surface area contributed by atoms with E-state index >= 15 is 0 Å². The molecule has 0 aromatic heterocycles. The predicted molar refractivity (Wildman–Crippen MR) is 82.8 cm³/mol. The highest BCUT2D eigenvalue weighted by molar-refractivity contribution is 6.52. The van der Waals surface area contributed by atoms with Crippen molar-refractivity contribution in [1.82, 2.24) is 0 Å². The zero-order chi connectivity index (χ0) is 15.7. The lowest BCUT2D eigenvalue weighted by atomic mass is 10.1. The Bertz CT molecular complexity index is 756. The van der Waals surface area contributed by atoms with Gasteiger partial charge in [0.2, 0.25) is 5.91 Å². The SMILES string of the molecule is C[C@H](C(=O)Nc1ccccc1)N1C(=O)C(=O)c2ccccc21. The van der Waals surface area contributed by atoms with Gasteiger partial charge in [-0.05, 0) is 31.2 Å². The first-order valence-electron chi connectivity index (χ1n) is 6.92. The monoisotopic (exact) mass is 294 g/mol. The number of anilines is 2. The lowest BCUT2D eigenvalue weighted by molar-refractivity contribution is -0.120. The van der Waals surface area contributed by atoms with E-state index in [0.717, 1.165) is 0 Å². The number of benzene rings is 2. The van der Waals surface area contributed by atoms with E-state index < -0.39 is 17.7 Å². The van der Waals surface area contributed by atoms with Crippen molar-refractivity contribution in [3.05, 3.63) is 60.2 Å². The summed E-state index contributed by atoms with van der Waals surface area (Å²) in [4.78, 5) is 37.7. The maximum Gasteiger partial charge on any atom is 0.300 e. The molecule has 22 heavy (non-hydrogen) atoms. The summed E-state index contributed by atoms with van der Waals surface area (Å²) in [5.74, 6) is -1.59. The van der Waals surface area contributed by atoms with Crippen molar-refractivity contribution in [3.63, 3.8) is 0 Å². The Balaban J connectivity index is 1.86. The van der Waals surface area contributed by atoms with E-state index in [1.165, 1.54) is 4.90 Å². The van der Waals surface area contributed by atoms with Gasteiger partial charge in [-0.3, -0.25) is 19.3 Å². The van der Waals surface area contributed by atoms with Gasteiger partial charge in [-0.1, -0.05) is 30.3 Å². The molecular weight excluding hydrogens is 280 g/mol. The second-order valence-corrected chi connectivity index (χ2v) is 5.05. The van der Waals surface area contributed by atoms with Gasteiger partial charge in [-0.15, -0.1) is 0 Å². The number of hydrogen-bond donors (Lipinski definition) is 1. The standard InChI is InChI=1S/C17H14N2O3/c1-11(16(21)18-12-7-3-2-4-8-12)19-14-10-6-5-9-13(14)15(20)17(19)22/h2-11H,1H3,(H,18,21)/t11-/m1/s1. The fraction of sp³-hybridized carbons (Fsp3) is 0.118. The molecule has 1 heterocycles. The molecule has 2 aromatic carbocycles. The average molecular weight is 294 g/mol. The third-order valence-electron chi connectivity index (χ3n) is 3.63. The molecule has 2 aromatic rings. The van der Waals surface area contributed by atoms with Gasteiger partial charge in [0.1, 0.15) is 6.04 Å². The summed E-state index contributed by atoms with van der Waals surface area (Å²) in [6.45, 7) is 1.60. The molecule has 0 bridgehead atoms. The molecular formula is C17H14N2O3. The highest BCUT2D eigenvalue weighted by Crippen LogP contribution is 2.30. The van der Waals surface area contributed by atoms with Crippen molar-refractivity contribution < 1.29 is 14.4 Å². The highest BCUT2D eigenvalue weighted by Gasteiger charge is 2.40. The number of nitrogens with zero attached hydrogens (tertiary/aromatic N) is 1. The van der Waals surface area contributed by atoms with Crippen molar-refractivity contribution in [2.45, 2.75) is 13.0 Å². The Labute approximate surface area is 127 Å². The number of carbonyl (C=O) groups is 3. The predicted octanol–water partition coefficient (Wildman–Crippen LogP) is 2.24. The summed E-state index contributed by atoms with van der Waals surface area (Å²) in [6, 6.07) is 14.9. The maximum atomic E-state index is 12.3. The number of hydrogen-bond acceptors (Lipinski definition) is 3. The molecule has 0 spiro atoms. The van der Waals surface area contributed by atoms with Crippen LogP contribution in [0.5, 0.6) is 0 Å². The van der Waals surface area contributed by atoms with Gasteiger partial charge in [0.15, 0.2) is 0 Å². The number of nitrogens with one attached hydrogen (secondary N) is 1. The van der Waals surface area contributed by atoms with Crippen molar-refractivity contribution in [2.75, 3.05) is 10.2 Å². The number of fused-ring (bicyclic) bond motifs is 1. The van der Waals surface area contributed by atoms with Crippen LogP contribution in [0.2, 0.25) is 0 Å². The topological polar surface area (TPSA) is 66.5 Å². The zero-order valence-corrected chi connectivity index (χ0v) is 11.9. The smallest absolute Gasteiger partial charge is 0.300 e. The van der Waals surface area contributed by atoms with Gasteiger partial charge in [0, 0.05) is 5.69 Å². The maximum absolute atomic E-state index is 12.3. The van der Waals surface area contributed by atoms with Crippen LogP contribution in [0.15, 0.2) is 54.6 Å². The second-order valence-electron chi connectivity index (χ2n) is 5.05. The van der Waals surface area contributed by atoms with Crippen LogP contribution in [0.1, 0.15) is 17.3 Å². The van der Waals surface area contributed by atoms with Crippen LogP contribution in [-0.4, -0.2) is 23.6 Å². The number of para-hydroxylation sites is 2. The molecule has 1 atom stereocenters. The van der Waals surface area contributed by atoms with Gasteiger partial charge in [0.05, 0.1) is 11.3 Å². The van der Waals surface area contributed by atoms with Crippen LogP contribution >= 0.6 is 0 Å². The van der Waals surface area contributed by atoms with Crippen LogP contribution in [0.25, 0.3) is 0 Å². The minimum atomic E-state index is -0.777. The summed E-state index contributed by atoms with van der Waals surface area (Å²) in [5, 5.41) is 2.74. The molecule has 0 aliphatic carbocycles. The summed E-state index contributed by atoms with van der Waals surface area (Å²) in [6.07, 6.45) is 0. The quantitative estimate of drug-likeness (QED) is 0.883. The summed E-state index contributed by atoms with van der Waals surface area (Å²) in [5.41, 5.74) is 1.46. The summed E-state index contributed by atoms with van der Waals surface area (Å²) in [7, 11) is 0. The molecule has 0 fully saturated rings. The van der Waals surface area contributed by atoms with Gasteiger partial charge in [0.25, 0.3) is 11.7 Å². The third kappa shape index (κ3) is 2.26. The van der Waals surface area contributed by atoms with Crippen LogP contribution in [0.3, 0.4) is 0 Å². The Morgan fingerprint density at radius 2 is 1.64 bits per heavy atom. The zero-order valence-electron chi connectivity index (χ0n) is 11.9. The molecule has 1 aliphatic heterocycles. The first-order valence-corrected chi connectivity index (χ1v) is 6.92. The lowest BCUT2D eigenvalue weighted by Gasteiger charge is -2.23. The number of Topliss-reactive ketones (excluding diaryl/α,β-unsaturated/α-hetero) is 1. The Hall–Kier alpha value is -2.95. The number of carbonyl (C=O) groups excluding carboxylic acids is 3. The van der Waals surface area contributed by atoms with E-state index in [0.29, 0.717) is 16.9 Å². The summed E-state index contributed by atoms with van der Waals surface area (Å²) >= 11 is 0. The van der Waals surface area contributed by atoms with Gasteiger partial charge in [-0.2, -0.15) is 0 Å². The number of ketones is 1. The molecule has 5 heteroatoms. The van der Waals surface area contributed by atoms with E-state index in [-0.39, 0.29) is 5.91 Å². The van der Waals surface area contributed by atoms with Crippen molar-refractivity contribution >= 4 is 29.0 Å². The van der Waals surface area contributed by atoms with Gasteiger partial charge < -0.3 is 5.32 Å². The number of rotatable bonds is 3. The molecule has 1 N–H and O–H groups in total. The Morgan fingerprint density at radius 3 is 2.36 bits per heavy atom. The molecule has 0 saturated heterocycles. The molecule has 5 nitrogen and oxygen atoms in total. The highest BCUT2D eigenvalue weighted by atomic mass is 16.2. The molecule has 3 rings (SSSR count). The lowest BCUT2D eigenvalue weighted by Crippen LogP contribution is -2.45. The van der Waals surface area contributed by atoms with Gasteiger partial charge >= 0.3 is 0 Å². The molecule has 1 aliphatic rings. The van der Waals surface area contributed by atoms with Crippen LogP contribution in [0.4, 0.5) is 11.4 Å². The first-order chi connectivity index (χ1) is 10.6. The minimum Gasteiger partial charge on any atom is -0.324 e. The van der Waals surface area contributed by atoms with E-state index in [1.807, 2.05) is 6.07 Å². The largest absolute Gasteiger partial charge is 0.324 e. The minimum absolute atomic E-state index is 0.340. The molecule has 2 amide bonds.